The summed E-state index contributed by atoms with van der Waals surface area (Å²) in [6.45, 7) is -0.121. The van der Waals surface area contributed by atoms with E-state index in [4.69, 9.17) is 11.1 Å². The maximum Gasteiger partial charge on any atom is 0.352 e. The number of para-hydroxylation sites is 1. The predicted molar refractivity (Wildman–Crippen MR) is 95.0 cm³/mol. The molecule has 1 aromatic heterocycles. The van der Waals surface area contributed by atoms with E-state index in [1.165, 1.54) is 4.57 Å². The Morgan fingerprint density at radius 3 is 2.44 bits per heavy atom. The van der Waals surface area contributed by atoms with Crippen LogP contribution in [-0.2, 0) is 11.3 Å². The molecule has 1 heterocycles. The molecule has 0 aliphatic carbocycles. The molecule has 7 nitrogen and oxygen atoms in total. The lowest BCUT2D eigenvalue weighted by atomic mass is 10.2. The maximum absolute atomic E-state index is 12.3. The molecule has 2 aromatic carbocycles. The van der Waals surface area contributed by atoms with Crippen LogP contribution in [0.3, 0.4) is 0 Å². The zero-order valence-corrected chi connectivity index (χ0v) is 13.2. The van der Waals surface area contributed by atoms with E-state index >= 15 is 0 Å². The lowest BCUT2D eigenvalue weighted by molar-refractivity contribution is -0.116. The number of rotatable bonds is 5. The minimum absolute atomic E-state index is 0.0530. The summed E-state index contributed by atoms with van der Waals surface area (Å²) in [6, 6.07) is 15.3. The van der Waals surface area contributed by atoms with E-state index in [1.54, 1.807) is 48.5 Å². The largest absolute Gasteiger partial charge is 0.477 e. The van der Waals surface area contributed by atoms with E-state index in [1.807, 2.05) is 6.07 Å². The third-order valence-electron chi connectivity index (χ3n) is 3.81. The zero-order chi connectivity index (χ0) is 18.0. The maximum atomic E-state index is 12.3. The molecular formula is C18H16N4O3. The summed E-state index contributed by atoms with van der Waals surface area (Å²) in [5.74, 6) is -1.49. The van der Waals surface area contributed by atoms with Crippen LogP contribution in [0.5, 0.6) is 0 Å². The molecule has 0 spiro atoms. The van der Waals surface area contributed by atoms with Gasteiger partial charge in [0.05, 0.1) is 0 Å². The Balaban J connectivity index is 1.83. The summed E-state index contributed by atoms with van der Waals surface area (Å²) in [5, 5.41) is 20.2. The van der Waals surface area contributed by atoms with Crippen LogP contribution in [0.15, 0.2) is 54.6 Å². The molecular weight excluding hydrogens is 320 g/mol. The van der Waals surface area contributed by atoms with Gasteiger partial charge in [-0.1, -0.05) is 18.2 Å². The average molecular weight is 336 g/mol. The first-order valence-electron chi connectivity index (χ1n) is 7.51. The Bertz CT molecular complexity index is 974. The van der Waals surface area contributed by atoms with Gasteiger partial charge in [0.2, 0.25) is 5.91 Å². The molecule has 7 heteroatoms. The normalized spacial score (nSPS) is 10.6. The number of amides is 1. The first-order chi connectivity index (χ1) is 12.0. The highest BCUT2D eigenvalue weighted by Gasteiger charge is 2.16. The van der Waals surface area contributed by atoms with Crippen molar-refractivity contribution in [1.82, 2.24) is 4.57 Å². The number of anilines is 1. The summed E-state index contributed by atoms with van der Waals surface area (Å²) in [6.07, 6.45) is 0. The predicted octanol–water partition coefficient (Wildman–Crippen LogP) is 2.26. The highest BCUT2D eigenvalue weighted by molar-refractivity contribution is 5.98. The summed E-state index contributed by atoms with van der Waals surface area (Å²) in [7, 11) is 0. The molecule has 5 N–H and O–H groups in total. The van der Waals surface area contributed by atoms with Gasteiger partial charge in [0.25, 0.3) is 0 Å². The molecule has 3 rings (SSSR count). The molecule has 1 amide bonds. The average Bonchev–Trinajstić information content (AvgIpc) is 2.94. The minimum Gasteiger partial charge on any atom is -0.477 e. The Hall–Kier alpha value is -3.61. The van der Waals surface area contributed by atoms with Gasteiger partial charge in [-0.2, -0.15) is 0 Å². The van der Waals surface area contributed by atoms with E-state index in [0.717, 1.165) is 5.39 Å². The second-order valence-corrected chi connectivity index (χ2v) is 5.52. The van der Waals surface area contributed by atoms with Crippen molar-refractivity contribution in [1.29, 1.82) is 5.41 Å². The van der Waals surface area contributed by atoms with Crippen LogP contribution < -0.4 is 11.1 Å². The van der Waals surface area contributed by atoms with E-state index in [2.05, 4.69) is 5.32 Å². The zero-order valence-electron chi connectivity index (χ0n) is 13.2. The Morgan fingerprint density at radius 2 is 1.80 bits per heavy atom. The minimum atomic E-state index is -1.09. The molecule has 0 bridgehead atoms. The monoisotopic (exact) mass is 336 g/mol. The second kappa shape index (κ2) is 6.48. The molecule has 0 saturated heterocycles. The summed E-state index contributed by atoms with van der Waals surface area (Å²) < 4.78 is 1.47. The number of carboxylic acid groups (broad SMARTS) is 1. The van der Waals surface area contributed by atoms with Gasteiger partial charge in [-0.05, 0) is 36.4 Å². The molecule has 0 saturated carbocycles. The number of nitrogens with one attached hydrogen (secondary N) is 2. The van der Waals surface area contributed by atoms with Crippen LogP contribution >= 0.6 is 0 Å². The third-order valence-corrected chi connectivity index (χ3v) is 3.81. The number of fused-ring (bicyclic) bond motifs is 1. The molecule has 126 valence electrons. The standard InChI is InChI=1S/C18H16N4O3/c19-17(20)11-5-7-13(8-6-11)21-16(23)10-22-14-4-2-1-3-12(14)9-15(22)18(24)25/h1-9H,10H2,(H3,19,20)(H,21,23)(H,24,25). The Kier molecular flexibility index (Phi) is 4.21. The van der Waals surface area contributed by atoms with E-state index in [0.29, 0.717) is 16.8 Å². The van der Waals surface area contributed by atoms with Crippen LogP contribution in [0.1, 0.15) is 16.1 Å². The smallest absolute Gasteiger partial charge is 0.352 e. The van der Waals surface area contributed by atoms with Crippen molar-refractivity contribution in [2.45, 2.75) is 6.54 Å². The van der Waals surface area contributed by atoms with Crippen molar-refractivity contribution < 1.29 is 14.7 Å². The van der Waals surface area contributed by atoms with E-state index < -0.39 is 5.97 Å². The van der Waals surface area contributed by atoms with Crippen LogP contribution in [-0.4, -0.2) is 27.4 Å². The Morgan fingerprint density at radius 1 is 1.12 bits per heavy atom. The fraction of sp³-hybridized carbons (Fsp3) is 0.0556. The topological polar surface area (TPSA) is 121 Å². The van der Waals surface area contributed by atoms with Gasteiger partial charge in [0, 0.05) is 22.2 Å². The number of aromatic nitrogens is 1. The van der Waals surface area contributed by atoms with Crippen LogP contribution in [0.2, 0.25) is 0 Å². The first kappa shape index (κ1) is 16.3. The summed E-state index contributed by atoms with van der Waals surface area (Å²) in [5.41, 5.74) is 7.23. The number of amidine groups is 1. The van der Waals surface area contributed by atoms with Gasteiger partial charge in [-0.25, -0.2) is 4.79 Å². The van der Waals surface area contributed by atoms with Gasteiger partial charge < -0.3 is 20.7 Å². The highest BCUT2D eigenvalue weighted by Crippen LogP contribution is 2.20. The van der Waals surface area contributed by atoms with Crippen molar-refractivity contribution in [3.63, 3.8) is 0 Å². The summed E-state index contributed by atoms with van der Waals surface area (Å²) >= 11 is 0. The molecule has 0 aliphatic rings. The van der Waals surface area contributed by atoms with Crippen molar-refractivity contribution in [2.75, 3.05) is 5.32 Å². The number of carbonyl (C=O) groups excluding carboxylic acids is 1. The van der Waals surface area contributed by atoms with Gasteiger partial charge in [-0.15, -0.1) is 0 Å². The third kappa shape index (κ3) is 3.35. The molecule has 3 aromatic rings. The van der Waals surface area contributed by atoms with E-state index in [9.17, 15) is 14.7 Å². The quantitative estimate of drug-likeness (QED) is 0.422. The lowest BCUT2D eigenvalue weighted by Gasteiger charge is -2.10. The molecule has 0 radical (unpaired) electrons. The number of aromatic carboxylic acids is 1. The molecule has 0 fully saturated rings. The second-order valence-electron chi connectivity index (χ2n) is 5.52. The van der Waals surface area contributed by atoms with Crippen LogP contribution in [0, 0.1) is 5.41 Å². The molecule has 0 unspecified atom stereocenters. The fourth-order valence-corrected chi connectivity index (χ4v) is 2.64. The first-order valence-corrected chi connectivity index (χ1v) is 7.51. The number of carboxylic acids is 1. The number of nitrogens with zero attached hydrogens (tertiary/aromatic N) is 1. The lowest BCUT2D eigenvalue weighted by Crippen LogP contribution is -2.21. The van der Waals surface area contributed by atoms with Gasteiger partial charge in [0.15, 0.2) is 0 Å². The number of hydrogen-bond acceptors (Lipinski definition) is 3. The fourth-order valence-electron chi connectivity index (χ4n) is 2.64. The number of benzene rings is 2. The van der Waals surface area contributed by atoms with Gasteiger partial charge in [0.1, 0.15) is 18.1 Å². The van der Waals surface area contributed by atoms with Crippen LogP contribution in [0.25, 0.3) is 10.9 Å². The van der Waals surface area contributed by atoms with Crippen molar-refractivity contribution in [2.24, 2.45) is 5.73 Å². The number of hydrogen-bond donors (Lipinski definition) is 4. The highest BCUT2D eigenvalue weighted by atomic mass is 16.4. The number of nitrogen functional groups attached to an aromatic ring is 1. The van der Waals surface area contributed by atoms with Gasteiger partial charge >= 0.3 is 5.97 Å². The van der Waals surface area contributed by atoms with Crippen molar-refractivity contribution in [3.05, 3.63) is 65.9 Å². The van der Waals surface area contributed by atoms with Crippen molar-refractivity contribution >= 4 is 34.3 Å². The Labute approximate surface area is 143 Å². The van der Waals surface area contributed by atoms with Crippen molar-refractivity contribution in [3.8, 4) is 0 Å². The molecule has 0 aliphatic heterocycles. The van der Waals surface area contributed by atoms with Gasteiger partial charge in [-0.3, -0.25) is 10.2 Å². The molecule has 0 atom stereocenters. The summed E-state index contributed by atoms with van der Waals surface area (Å²) in [4.78, 5) is 23.8. The SMILES string of the molecule is N=C(N)c1ccc(NC(=O)Cn2c(C(=O)O)cc3ccccc32)cc1. The number of nitrogens with two attached hydrogens (primary N) is 1. The molecule has 25 heavy (non-hydrogen) atoms. The number of carbonyl (C=O) groups is 2. The van der Waals surface area contributed by atoms with E-state index in [-0.39, 0.29) is 24.0 Å². The van der Waals surface area contributed by atoms with Crippen LogP contribution in [0.4, 0.5) is 5.69 Å².